The molecule has 4 saturated carbocycles. The minimum Gasteiger partial charge on any atom is -0.455 e. The smallest absolute Gasteiger partial charge is 0.316 e. The first-order valence-corrected chi connectivity index (χ1v) is 33.3. The number of fused-ring (bicyclic) bond motifs is 8. The number of carbonyl (C=O) groups is 4. The average Bonchev–Trinajstić information content (AvgIpc) is 1.53. The van der Waals surface area contributed by atoms with Crippen molar-refractivity contribution >= 4 is 23.9 Å². The fourth-order valence-corrected chi connectivity index (χ4v) is 22.6. The number of rotatable bonds is 0. The number of carbonyl (C=O) groups excluding carboxylic acids is 4. The van der Waals surface area contributed by atoms with Gasteiger partial charge in [0.05, 0.1) is 0 Å². The summed E-state index contributed by atoms with van der Waals surface area (Å²) >= 11 is 0. The van der Waals surface area contributed by atoms with Gasteiger partial charge in [-0.2, -0.15) is 0 Å². The standard InChI is InChI=1S/4C17H22O5/c4*1-9-6-8-17-12(11-13(22-17)21-15(2,3)20-11)19-14(18)16(17)7-4-5-10(9)16/h4*6,8-13H,4-5,7H2,1-3H3/t4*9-,10-,11+,12+,13-,16-,17-/m0000/s1. The van der Waals surface area contributed by atoms with Crippen molar-refractivity contribution in [3.8, 4) is 0 Å². The maximum Gasteiger partial charge on any atom is 0.316 e. The number of hydrogen-bond acceptors (Lipinski definition) is 20. The van der Waals surface area contributed by atoms with E-state index >= 15 is 0 Å². The van der Waals surface area contributed by atoms with Crippen LogP contribution in [0.2, 0.25) is 0 Å². The summed E-state index contributed by atoms with van der Waals surface area (Å²) in [5.74, 6) is -0.476. The maximum absolute atomic E-state index is 12.9. The minimum absolute atomic E-state index is 0.0945. The van der Waals surface area contributed by atoms with Crippen LogP contribution < -0.4 is 0 Å². The highest BCUT2D eigenvalue weighted by Gasteiger charge is 2.85. The van der Waals surface area contributed by atoms with Crippen LogP contribution in [0.25, 0.3) is 0 Å². The van der Waals surface area contributed by atoms with Gasteiger partial charge in [0, 0.05) is 0 Å². The predicted octanol–water partition coefficient (Wildman–Crippen LogP) is 8.60. The van der Waals surface area contributed by atoms with Crippen LogP contribution in [-0.4, -0.2) is 143 Å². The van der Waals surface area contributed by atoms with Gasteiger partial charge in [-0.05, 0) is 154 Å². The molecule has 0 aromatic rings. The molecule has 0 aromatic heterocycles. The van der Waals surface area contributed by atoms with Crippen LogP contribution in [-0.2, 0) is 95.0 Å². The average molecular weight is 1230 g/mol. The van der Waals surface area contributed by atoms with E-state index in [0.29, 0.717) is 47.3 Å². The molecular formula is C68H88O20. The maximum atomic E-state index is 12.9. The van der Waals surface area contributed by atoms with Crippen LogP contribution in [0.3, 0.4) is 0 Å². The third-order valence-corrected chi connectivity index (χ3v) is 25.7. The van der Waals surface area contributed by atoms with E-state index in [9.17, 15) is 19.2 Å². The molecule has 0 bridgehead atoms. The summed E-state index contributed by atoms with van der Waals surface area (Å²) < 4.78 is 96.5. The molecular weight excluding hydrogens is 1140 g/mol. The summed E-state index contributed by atoms with van der Waals surface area (Å²) in [5.41, 5.74) is -5.01. The van der Waals surface area contributed by atoms with Crippen molar-refractivity contribution in [2.45, 2.75) is 280 Å². The third-order valence-electron chi connectivity index (χ3n) is 25.7. The van der Waals surface area contributed by atoms with Crippen LogP contribution in [0.5, 0.6) is 0 Å². The Hall–Kier alpha value is -3.64. The summed E-state index contributed by atoms with van der Waals surface area (Å²) in [7, 11) is 0. The Labute approximate surface area is 514 Å². The summed E-state index contributed by atoms with van der Waals surface area (Å²) in [6.45, 7) is 23.7. The van der Waals surface area contributed by atoms with E-state index < -0.39 is 117 Å². The van der Waals surface area contributed by atoms with Crippen LogP contribution in [0.1, 0.15) is 160 Å². The summed E-state index contributed by atoms with van der Waals surface area (Å²) in [5, 5.41) is 0. The monoisotopic (exact) mass is 1220 g/mol. The lowest BCUT2D eigenvalue weighted by atomic mass is 9.58. The first-order valence-electron chi connectivity index (χ1n) is 33.3. The SMILES string of the molecule is C[C@H]1C=C[C@]23O[C@@H]4OC(C)(C)O[C@@H]4[C@H]2OC(=O)[C@@]32CCC[C@@H]12.C[C@H]1C=C[C@]23O[C@@H]4OC(C)(C)O[C@@H]4[C@H]2OC(=O)[C@@]32CCC[C@@H]12.C[C@H]1C=C[C@]23O[C@@H]4OC(C)(C)O[C@@H]4[C@H]2OC(=O)[C@@]32CCC[C@@H]12.C[C@H]1C=C[C@]23O[C@@H]4OC(C)(C)O[C@@H]4[C@H]2OC(=O)[C@@]32CCC[C@@H]12. The second-order valence-electron chi connectivity index (χ2n) is 31.6. The molecule has 0 unspecified atom stereocenters. The van der Waals surface area contributed by atoms with Gasteiger partial charge in [-0.3, -0.25) is 19.2 Å². The highest BCUT2D eigenvalue weighted by atomic mass is 16.9. The molecule has 0 aromatic carbocycles. The largest absolute Gasteiger partial charge is 0.455 e. The first kappa shape index (κ1) is 58.2. The number of esters is 4. The molecule has 12 heterocycles. The number of hydrogen-bond donors (Lipinski definition) is 0. The number of ether oxygens (including phenoxy) is 16. The van der Waals surface area contributed by atoms with E-state index in [1.54, 1.807) is 0 Å². The zero-order chi connectivity index (χ0) is 61.3. The minimum atomic E-state index is -0.705. The van der Waals surface area contributed by atoms with E-state index in [1.165, 1.54) is 0 Å². The Morgan fingerprint density at radius 3 is 0.716 bits per heavy atom. The molecule has 0 amide bonds. The van der Waals surface area contributed by atoms with Crippen LogP contribution in [0.4, 0.5) is 0 Å². The molecule has 88 heavy (non-hydrogen) atoms. The van der Waals surface area contributed by atoms with Crippen molar-refractivity contribution < 1.29 is 95.0 Å². The van der Waals surface area contributed by atoms with Crippen molar-refractivity contribution in [3.05, 3.63) is 48.6 Å². The van der Waals surface area contributed by atoms with Crippen LogP contribution in [0, 0.1) is 69.0 Å². The Morgan fingerprint density at radius 1 is 0.307 bits per heavy atom. The van der Waals surface area contributed by atoms with Crippen molar-refractivity contribution in [2.24, 2.45) is 69.0 Å². The Balaban J connectivity index is 0.0000000910. The quantitative estimate of drug-likeness (QED) is 0.126. The summed E-state index contributed by atoms with van der Waals surface area (Å²) in [6.07, 6.45) is 24.1. The van der Waals surface area contributed by atoms with Crippen molar-refractivity contribution in [1.29, 1.82) is 0 Å². The lowest BCUT2D eigenvalue weighted by Gasteiger charge is -2.45. The Bertz CT molecular complexity index is 2740. The van der Waals surface area contributed by atoms with Gasteiger partial charge in [-0.15, -0.1) is 0 Å². The van der Waals surface area contributed by atoms with Gasteiger partial charge in [0.1, 0.15) is 44.1 Å². The lowest BCUT2D eigenvalue weighted by Crippen LogP contribution is -2.56. The Morgan fingerprint density at radius 2 is 0.511 bits per heavy atom. The molecule has 20 aliphatic rings. The van der Waals surface area contributed by atoms with Gasteiger partial charge in [0.2, 0.25) is 0 Å². The molecule has 20 heteroatoms. The molecule has 28 atom stereocenters. The van der Waals surface area contributed by atoms with Gasteiger partial charge in [-0.25, -0.2) is 0 Å². The molecule has 8 aliphatic carbocycles. The topological polar surface area (TPSA) is 216 Å². The van der Waals surface area contributed by atoms with Gasteiger partial charge in [0.15, 0.2) is 97.1 Å². The van der Waals surface area contributed by atoms with Gasteiger partial charge >= 0.3 is 23.9 Å². The van der Waals surface area contributed by atoms with E-state index in [1.807, 2.05) is 55.4 Å². The zero-order valence-electron chi connectivity index (χ0n) is 52.8. The molecule has 0 N–H and O–H groups in total. The molecule has 12 saturated heterocycles. The first-order chi connectivity index (χ1) is 41.6. The second kappa shape index (κ2) is 18.2. The van der Waals surface area contributed by atoms with Gasteiger partial charge in [0.25, 0.3) is 0 Å². The summed E-state index contributed by atoms with van der Waals surface area (Å²) in [4.78, 5) is 51.5. The predicted molar refractivity (Wildman–Crippen MR) is 302 cm³/mol. The van der Waals surface area contributed by atoms with Gasteiger partial charge < -0.3 is 75.8 Å². The number of allylic oxidation sites excluding steroid dienone is 4. The van der Waals surface area contributed by atoms with E-state index in [-0.39, 0.29) is 48.3 Å². The van der Waals surface area contributed by atoms with Crippen molar-refractivity contribution in [3.63, 3.8) is 0 Å². The molecule has 8 spiro atoms. The normalized spacial score (nSPS) is 57.2. The molecule has 0 radical (unpaired) electrons. The molecule has 480 valence electrons. The Kier molecular flexibility index (Phi) is 12.0. The van der Waals surface area contributed by atoms with Gasteiger partial charge in [-0.1, -0.05) is 102 Å². The molecule has 20 rings (SSSR count). The van der Waals surface area contributed by atoms with Crippen molar-refractivity contribution in [2.75, 3.05) is 0 Å². The lowest BCUT2D eigenvalue weighted by molar-refractivity contribution is -0.239. The molecule has 20 nitrogen and oxygen atoms in total. The third kappa shape index (κ3) is 6.94. The fraction of sp³-hybridized carbons (Fsp3) is 0.824. The van der Waals surface area contributed by atoms with Crippen LogP contribution in [0.15, 0.2) is 48.6 Å². The van der Waals surface area contributed by atoms with Crippen molar-refractivity contribution in [1.82, 2.24) is 0 Å². The highest BCUT2D eigenvalue weighted by Crippen LogP contribution is 2.72. The molecule has 16 fully saturated rings. The zero-order valence-corrected chi connectivity index (χ0v) is 52.8. The second-order valence-corrected chi connectivity index (χ2v) is 31.6. The van der Waals surface area contributed by atoms with E-state index in [2.05, 4.69) is 76.3 Å². The summed E-state index contributed by atoms with van der Waals surface area (Å²) in [6, 6.07) is 0. The van der Waals surface area contributed by atoms with E-state index in [4.69, 9.17) is 75.8 Å². The fourth-order valence-electron chi connectivity index (χ4n) is 22.6. The molecule has 12 aliphatic heterocycles. The highest BCUT2D eigenvalue weighted by molar-refractivity contribution is 5.87. The van der Waals surface area contributed by atoms with E-state index in [0.717, 1.165) is 77.0 Å². The van der Waals surface area contributed by atoms with Crippen LogP contribution >= 0.6 is 0 Å².